The number of hydrogen-bond donors (Lipinski definition) is 1. The molecule has 1 N–H and O–H groups in total. The first kappa shape index (κ1) is 7.45. The molecule has 1 aromatic carbocycles. The van der Waals surface area contributed by atoms with E-state index in [0.29, 0.717) is 0 Å². The third-order valence-corrected chi connectivity index (χ3v) is 3.05. The molecule has 1 aliphatic carbocycles. The number of aromatic amines is 1. The lowest BCUT2D eigenvalue weighted by Crippen LogP contribution is -1.75. The van der Waals surface area contributed by atoms with Crippen LogP contribution in [0.3, 0.4) is 0 Å². The van der Waals surface area contributed by atoms with Crippen molar-refractivity contribution in [3.63, 3.8) is 0 Å². The molecule has 13 heavy (non-hydrogen) atoms. The first-order valence-electron chi connectivity index (χ1n) is 4.63. The molecule has 0 spiro atoms. The quantitative estimate of drug-likeness (QED) is 0.658. The Balaban J connectivity index is 2.40. The summed E-state index contributed by atoms with van der Waals surface area (Å²) < 4.78 is 0. The van der Waals surface area contributed by atoms with Crippen LogP contribution in [0.15, 0.2) is 18.2 Å². The lowest BCUT2D eigenvalue weighted by atomic mass is 10.1. The molecule has 0 unspecified atom stereocenters. The molecule has 3 rings (SSSR count). The van der Waals surface area contributed by atoms with Gasteiger partial charge in [-0.1, -0.05) is 11.6 Å². The van der Waals surface area contributed by atoms with Gasteiger partial charge in [0.25, 0.3) is 0 Å². The summed E-state index contributed by atoms with van der Waals surface area (Å²) >= 11 is 5.96. The van der Waals surface area contributed by atoms with Crippen molar-refractivity contribution in [1.29, 1.82) is 0 Å². The molecular formula is C11H10ClN. The van der Waals surface area contributed by atoms with Gasteiger partial charge >= 0.3 is 0 Å². The van der Waals surface area contributed by atoms with E-state index in [2.05, 4.69) is 17.1 Å². The SMILES string of the molecule is Clc1ccc2[nH]c3c(c2c1)CCC3. The Kier molecular flexibility index (Phi) is 1.44. The Labute approximate surface area is 81.7 Å². The molecule has 0 saturated carbocycles. The highest BCUT2D eigenvalue weighted by molar-refractivity contribution is 6.31. The Hall–Kier alpha value is -0.950. The minimum atomic E-state index is 0.834. The van der Waals surface area contributed by atoms with Gasteiger partial charge < -0.3 is 4.98 Å². The summed E-state index contributed by atoms with van der Waals surface area (Å²) in [7, 11) is 0. The maximum absolute atomic E-state index is 5.96. The van der Waals surface area contributed by atoms with Crippen LogP contribution in [0.4, 0.5) is 0 Å². The molecule has 0 aliphatic heterocycles. The Morgan fingerprint density at radius 3 is 3.08 bits per heavy atom. The van der Waals surface area contributed by atoms with Gasteiger partial charge in [-0.25, -0.2) is 0 Å². The molecule has 0 bridgehead atoms. The summed E-state index contributed by atoms with van der Waals surface area (Å²) in [5, 5.41) is 2.15. The fourth-order valence-electron chi connectivity index (χ4n) is 2.22. The van der Waals surface area contributed by atoms with E-state index in [1.807, 2.05) is 6.07 Å². The first-order valence-corrected chi connectivity index (χ1v) is 5.01. The molecule has 1 heterocycles. The van der Waals surface area contributed by atoms with Crippen molar-refractivity contribution in [2.45, 2.75) is 19.3 Å². The maximum atomic E-state index is 5.96. The normalized spacial score (nSPS) is 15.2. The second-order valence-corrected chi connectivity index (χ2v) is 4.06. The molecular weight excluding hydrogens is 182 g/mol. The highest BCUT2D eigenvalue weighted by Crippen LogP contribution is 2.31. The van der Waals surface area contributed by atoms with Crippen LogP contribution >= 0.6 is 11.6 Å². The van der Waals surface area contributed by atoms with Crippen LogP contribution in [0, 0.1) is 0 Å². The van der Waals surface area contributed by atoms with Crippen molar-refractivity contribution < 1.29 is 0 Å². The third-order valence-electron chi connectivity index (χ3n) is 2.81. The van der Waals surface area contributed by atoms with E-state index in [1.165, 1.54) is 41.4 Å². The van der Waals surface area contributed by atoms with Crippen LogP contribution in [-0.2, 0) is 12.8 Å². The van der Waals surface area contributed by atoms with Crippen molar-refractivity contribution in [2.24, 2.45) is 0 Å². The number of hydrogen-bond acceptors (Lipinski definition) is 0. The molecule has 0 amide bonds. The standard InChI is InChI=1S/C11H10ClN/c12-7-4-5-11-9(6-7)8-2-1-3-10(8)13-11/h4-6,13H,1-3H2. The van der Waals surface area contributed by atoms with Crippen molar-refractivity contribution in [3.05, 3.63) is 34.5 Å². The average Bonchev–Trinajstić information content (AvgIpc) is 2.64. The van der Waals surface area contributed by atoms with Crippen LogP contribution in [0.5, 0.6) is 0 Å². The Morgan fingerprint density at radius 2 is 2.15 bits per heavy atom. The van der Waals surface area contributed by atoms with Crippen molar-refractivity contribution in [1.82, 2.24) is 4.98 Å². The van der Waals surface area contributed by atoms with Gasteiger partial charge in [0.05, 0.1) is 0 Å². The van der Waals surface area contributed by atoms with Crippen LogP contribution in [-0.4, -0.2) is 4.98 Å². The van der Waals surface area contributed by atoms with Crippen LogP contribution in [0.1, 0.15) is 17.7 Å². The van der Waals surface area contributed by atoms with Crippen LogP contribution in [0.2, 0.25) is 5.02 Å². The molecule has 1 aliphatic rings. The molecule has 0 atom stereocenters. The van der Waals surface area contributed by atoms with E-state index >= 15 is 0 Å². The van der Waals surface area contributed by atoms with Gasteiger partial charge in [0.2, 0.25) is 0 Å². The molecule has 66 valence electrons. The smallest absolute Gasteiger partial charge is 0.0460 e. The van der Waals surface area contributed by atoms with Crippen LogP contribution in [0.25, 0.3) is 10.9 Å². The zero-order valence-corrected chi connectivity index (χ0v) is 7.99. The predicted octanol–water partition coefficient (Wildman–Crippen LogP) is 3.31. The van der Waals surface area contributed by atoms with E-state index in [0.717, 1.165) is 5.02 Å². The average molecular weight is 192 g/mol. The summed E-state index contributed by atoms with van der Waals surface area (Å²) in [6, 6.07) is 6.07. The zero-order chi connectivity index (χ0) is 8.84. The molecule has 0 radical (unpaired) electrons. The van der Waals surface area contributed by atoms with Crippen molar-refractivity contribution in [3.8, 4) is 0 Å². The van der Waals surface area contributed by atoms with Gasteiger partial charge in [0.1, 0.15) is 0 Å². The summed E-state index contributed by atoms with van der Waals surface area (Å²) in [5.74, 6) is 0. The third kappa shape index (κ3) is 1.00. The van der Waals surface area contributed by atoms with E-state index in [9.17, 15) is 0 Å². The van der Waals surface area contributed by atoms with Gasteiger partial charge in [-0.2, -0.15) is 0 Å². The van der Waals surface area contributed by atoms with Crippen molar-refractivity contribution >= 4 is 22.5 Å². The molecule has 2 heteroatoms. The highest BCUT2D eigenvalue weighted by atomic mass is 35.5. The van der Waals surface area contributed by atoms with Gasteiger partial charge in [0, 0.05) is 21.6 Å². The summed E-state index contributed by atoms with van der Waals surface area (Å²) in [6.45, 7) is 0. The summed E-state index contributed by atoms with van der Waals surface area (Å²) in [5.41, 5.74) is 4.13. The van der Waals surface area contributed by atoms with Gasteiger partial charge in [0.15, 0.2) is 0 Å². The van der Waals surface area contributed by atoms with E-state index < -0.39 is 0 Å². The van der Waals surface area contributed by atoms with Gasteiger partial charge in [-0.15, -0.1) is 0 Å². The molecule has 2 aromatic rings. The predicted molar refractivity (Wildman–Crippen MR) is 55.3 cm³/mol. The summed E-state index contributed by atoms with van der Waals surface area (Å²) in [4.78, 5) is 3.44. The minimum absolute atomic E-state index is 0.834. The number of aromatic nitrogens is 1. The molecule has 1 nitrogen and oxygen atoms in total. The molecule has 1 aromatic heterocycles. The highest BCUT2D eigenvalue weighted by Gasteiger charge is 2.16. The topological polar surface area (TPSA) is 15.8 Å². The molecule has 0 saturated heterocycles. The molecule has 0 fully saturated rings. The lowest BCUT2D eigenvalue weighted by molar-refractivity contribution is 0.899. The maximum Gasteiger partial charge on any atom is 0.0460 e. The number of benzene rings is 1. The number of halogens is 1. The van der Waals surface area contributed by atoms with Crippen molar-refractivity contribution in [2.75, 3.05) is 0 Å². The lowest BCUT2D eigenvalue weighted by Gasteiger charge is -1.93. The number of rotatable bonds is 0. The Bertz CT molecular complexity index is 470. The number of fused-ring (bicyclic) bond motifs is 3. The van der Waals surface area contributed by atoms with E-state index in [4.69, 9.17) is 11.6 Å². The Morgan fingerprint density at radius 1 is 1.23 bits per heavy atom. The zero-order valence-electron chi connectivity index (χ0n) is 7.23. The number of nitrogens with one attached hydrogen (secondary N) is 1. The summed E-state index contributed by atoms with van der Waals surface area (Å²) in [6.07, 6.45) is 3.68. The number of H-pyrrole nitrogens is 1. The second-order valence-electron chi connectivity index (χ2n) is 3.63. The fraction of sp³-hybridized carbons (Fsp3) is 0.273. The minimum Gasteiger partial charge on any atom is -0.358 e. The largest absolute Gasteiger partial charge is 0.358 e. The van der Waals surface area contributed by atoms with E-state index in [-0.39, 0.29) is 0 Å². The van der Waals surface area contributed by atoms with Crippen LogP contribution < -0.4 is 0 Å². The second kappa shape index (κ2) is 2.52. The van der Waals surface area contributed by atoms with Gasteiger partial charge in [-0.05, 0) is 43.0 Å². The van der Waals surface area contributed by atoms with Gasteiger partial charge in [-0.3, -0.25) is 0 Å². The number of aryl methyl sites for hydroxylation is 2. The monoisotopic (exact) mass is 191 g/mol. The first-order chi connectivity index (χ1) is 6.34. The fourth-order valence-corrected chi connectivity index (χ4v) is 2.39. The van der Waals surface area contributed by atoms with E-state index in [1.54, 1.807) is 0 Å².